The van der Waals surface area contributed by atoms with Gasteiger partial charge in [0.2, 0.25) is 0 Å². The highest BCUT2D eigenvalue weighted by Gasteiger charge is 2.45. The topological polar surface area (TPSA) is 173 Å². The fraction of sp³-hybridized carbons (Fsp3) is 0.600. The minimum absolute atomic E-state index is 0.111. The van der Waals surface area contributed by atoms with Crippen molar-refractivity contribution in [3.63, 3.8) is 0 Å². The van der Waals surface area contributed by atoms with Gasteiger partial charge >= 0.3 is 13.5 Å². The number of hydrogen-bond acceptors (Lipinski definition) is 10. The van der Waals surface area contributed by atoms with E-state index in [-0.39, 0.29) is 5.82 Å². The number of hydrogen-bond donors (Lipinski definition) is 5. The van der Waals surface area contributed by atoms with Gasteiger partial charge < -0.3 is 19.8 Å². The molecule has 1 aliphatic rings. The Balaban J connectivity index is 2.13. The van der Waals surface area contributed by atoms with Gasteiger partial charge in [0.15, 0.2) is 12.0 Å². The van der Waals surface area contributed by atoms with E-state index in [1.807, 2.05) is 0 Å². The molecular formula is C10H16N3O9P. The van der Waals surface area contributed by atoms with Crippen LogP contribution in [0, 0.1) is 0 Å². The molecule has 0 amide bonds. The molecule has 0 aromatic carbocycles. The number of phosphoric acid groups is 1. The molecule has 0 radical (unpaired) electrons. The molecule has 23 heavy (non-hydrogen) atoms. The molecule has 1 saturated heterocycles. The van der Waals surface area contributed by atoms with E-state index in [9.17, 15) is 19.6 Å². The van der Waals surface area contributed by atoms with Gasteiger partial charge in [-0.2, -0.15) is 4.98 Å². The summed E-state index contributed by atoms with van der Waals surface area (Å²) in [7, 11) is -3.31. The summed E-state index contributed by atoms with van der Waals surface area (Å²) in [6.07, 6.45) is -4.25. The number of anilines is 1. The van der Waals surface area contributed by atoms with Crippen LogP contribution in [0.3, 0.4) is 0 Å². The molecule has 130 valence electrons. The SMILES string of the molecule is COP(=O)(O)OC[C@H]1OC(n2ccc(NO)nc2=O)[C@H](O)[C@@H]1O. The van der Waals surface area contributed by atoms with Crippen LogP contribution in [0.1, 0.15) is 6.23 Å². The first-order valence-electron chi connectivity index (χ1n) is 6.33. The normalized spacial score (nSPS) is 30.1. The molecule has 0 spiro atoms. The number of ether oxygens (including phenoxy) is 1. The lowest BCUT2D eigenvalue weighted by atomic mass is 10.1. The lowest BCUT2D eigenvalue weighted by molar-refractivity contribution is -0.0547. The zero-order chi connectivity index (χ0) is 17.2. The third-order valence-corrected chi connectivity index (χ3v) is 4.13. The number of nitrogens with one attached hydrogen (secondary N) is 1. The van der Waals surface area contributed by atoms with Crippen LogP contribution in [-0.2, 0) is 18.3 Å². The number of nitrogens with zero attached hydrogens (tertiary/aromatic N) is 2. The van der Waals surface area contributed by atoms with Crippen LogP contribution in [0.5, 0.6) is 0 Å². The zero-order valence-electron chi connectivity index (χ0n) is 11.8. The highest BCUT2D eigenvalue weighted by atomic mass is 31.2. The van der Waals surface area contributed by atoms with Gasteiger partial charge in [0, 0.05) is 13.3 Å². The summed E-state index contributed by atoms with van der Waals surface area (Å²) in [4.78, 5) is 24.4. The number of rotatable bonds is 6. The van der Waals surface area contributed by atoms with Gasteiger partial charge in [-0.15, -0.1) is 0 Å². The number of aromatic nitrogens is 2. The Bertz CT molecular complexity index is 653. The predicted octanol–water partition coefficient (Wildman–Crippen LogP) is -1.57. The molecule has 5 atom stereocenters. The average Bonchev–Trinajstić information content (AvgIpc) is 2.81. The summed E-state index contributed by atoms with van der Waals surface area (Å²) in [6.45, 7) is -0.547. The van der Waals surface area contributed by atoms with Crippen molar-refractivity contribution in [1.82, 2.24) is 9.55 Å². The standard InChI is InChI=1S/C10H16N3O9P/c1-20-23(18,19)21-4-5-7(14)8(15)9(22-5)13-3-2-6(12-17)11-10(13)16/h2-3,5,7-9,14-15,17H,4H2,1H3,(H,18,19)(H,11,12,16)/t5-,7-,8-,9?/m1/s1. The van der Waals surface area contributed by atoms with Crippen LogP contribution in [0.4, 0.5) is 5.82 Å². The summed E-state index contributed by atoms with van der Waals surface area (Å²) < 4.78 is 26.2. The summed E-state index contributed by atoms with van der Waals surface area (Å²) in [5, 5.41) is 28.5. The first-order chi connectivity index (χ1) is 10.8. The van der Waals surface area contributed by atoms with Crippen LogP contribution in [-0.4, -0.2) is 61.9 Å². The third-order valence-electron chi connectivity index (χ3n) is 3.19. The number of aliphatic hydroxyl groups is 2. The molecule has 2 unspecified atom stereocenters. The van der Waals surface area contributed by atoms with Crippen molar-refractivity contribution in [3.05, 3.63) is 22.7 Å². The molecule has 0 saturated carbocycles. The van der Waals surface area contributed by atoms with Gasteiger partial charge in [0.1, 0.15) is 18.3 Å². The van der Waals surface area contributed by atoms with E-state index in [1.54, 1.807) is 5.48 Å². The van der Waals surface area contributed by atoms with Crippen molar-refractivity contribution in [2.45, 2.75) is 24.5 Å². The van der Waals surface area contributed by atoms with Crippen molar-refractivity contribution in [2.24, 2.45) is 0 Å². The molecule has 12 nitrogen and oxygen atoms in total. The van der Waals surface area contributed by atoms with E-state index in [0.29, 0.717) is 0 Å². The second kappa shape index (κ2) is 7.03. The lowest BCUT2D eigenvalue weighted by Crippen LogP contribution is -2.36. The molecule has 5 N–H and O–H groups in total. The minimum Gasteiger partial charge on any atom is -0.387 e. The van der Waals surface area contributed by atoms with Crippen molar-refractivity contribution < 1.29 is 38.7 Å². The van der Waals surface area contributed by atoms with Gasteiger partial charge in [-0.05, 0) is 6.07 Å². The predicted molar refractivity (Wildman–Crippen MR) is 72.6 cm³/mol. The fourth-order valence-electron chi connectivity index (χ4n) is 1.99. The van der Waals surface area contributed by atoms with E-state index >= 15 is 0 Å². The second-order valence-corrected chi connectivity index (χ2v) is 6.17. The Kier molecular flexibility index (Phi) is 5.49. The van der Waals surface area contributed by atoms with E-state index in [2.05, 4.69) is 14.0 Å². The minimum atomic E-state index is -4.27. The van der Waals surface area contributed by atoms with Crippen molar-refractivity contribution in [3.8, 4) is 0 Å². The number of aliphatic hydroxyl groups excluding tert-OH is 2. The van der Waals surface area contributed by atoms with Gasteiger partial charge in [0.25, 0.3) is 0 Å². The zero-order valence-corrected chi connectivity index (χ0v) is 12.7. The van der Waals surface area contributed by atoms with Gasteiger partial charge in [0.05, 0.1) is 6.61 Å². The maximum absolute atomic E-state index is 11.8. The first kappa shape index (κ1) is 18.0. The van der Waals surface area contributed by atoms with E-state index in [1.165, 1.54) is 12.3 Å². The molecule has 13 heteroatoms. The highest BCUT2D eigenvalue weighted by molar-refractivity contribution is 7.47. The monoisotopic (exact) mass is 353 g/mol. The van der Waals surface area contributed by atoms with Crippen molar-refractivity contribution in [2.75, 3.05) is 19.2 Å². The van der Waals surface area contributed by atoms with Gasteiger partial charge in [-0.1, -0.05) is 0 Å². The summed E-state index contributed by atoms with van der Waals surface area (Å²) in [5.74, 6) is -0.111. The van der Waals surface area contributed by atoms with Gasteiger partial charge in [-0.25, -0.2) is 9.36 Å². The summed E-state index contributed by atoms with van der Waals surface area (Å²) >= 11 is 0. The first-order valence-corrected chi connectivity index (χ1v) is 7.82. The molecule has 2 heterocycles. The smallest absolute Gasteiger partial charge is 0.387 e. The van der Waals surface area contributed by atoms with Gasteiger partial charge in [-0.3, -0.25) is 24.3 Å². The van der Waals surface area contributed by atoms with Crippen LogP contribution in [0.2, 0.25) is 0 Å². The fourth-order valence-corrected chi connectivity index (χ4v) is 2.43. The maximum atomic E-state index is 11.8. The molecule has 1 aliphatic heterocycles. The molecule has 0 aliphatic carbocycles. The molecule has 2 rings (SSSR count). The van der Waals surface area contributed by atoms with E-state index in [0.717, 1.165) is 11.7 Å². The Hall–Kier alpha value is -1.37. The van der Waals surface area contributed by atoms with E-state index < -0.39 is 44.7 Å². The lowest BCUT2D eigenvalue weighted by Gasteiger charge is -2.17. The Labute approximate surface area is 129 Å². The molecule has 0 bridgehead atoms. The van der Waals surface area contributed by atoms with Crippen LogP contribution in [0.25, 0.3) is 0 Å². The largest absolute Gasteiger partial charge is 0.472 e. The summed E-state index contributed by atoms with van der Waals surface area (Å²) in [6, 6.07) is 1.24. The van der Waals surface area contributed by atoms with E-state index in [4.69, 9.17) is 14.8 Å². The molecule has 1 fully saturated rings. The quantitative estimate of drug-likeness (QED) is 0.295. The van der Waals surface area contributed by atoms with Crippen LogP contribution < -0.4 is 11.2 Å². The number of phosphoric ester groups is 1. The van der Waals surface area contributed by atoms with Crippen molar-refractivity contribution >= 4 is 13.6 Å². The Morgan fingerprint density at radius 1 is 1.48 bits per heavy atom. The Morgan fingerprint density at radius 3 is 2.74 bits per heavy atom. The third kappa shape index (κ3) is 3.94. The average molecular weight is 353 g/mol. The highest BCUT2D eigenvalue weighted by Crippen LogP contribution is 2.43. The van der Waals surface area contributed by atoms with Crippen LogP contribution >= 0.6 is 7.82 Å². The maximum Gasteiger partial charge on any atom is 0.472 e. The molecular weight excluding hydrogens is 337 g/mol. The second-order valence-electron chi connectivity index (χ2n) is 4.61. The summed E-state index contributed by atoms with van der Waals surface area (Å²) in [5.41, 5.74) is 0.833. The van der Waals surface area contributed by atoms with Crippen LogP contribution in [0.15, 0.2) is 17.1 Å². The van der Waals surface area contributed by atoms with Crippen molar-refractivity contribution in [1.29, 1.82) is 0 Å². The molecule has 1 aromatic rings. The molecule has 1 aromatic heterocycles. The Morgan fingerprint density at radius 2 is 2.17 bits per heavy atom.